The lowest BCUT2D eigenvalue weighted by molar-refractivity contribution is -0.141. The molecule has 1 aromatic carbocycles. The van der Waals surface area contributed by atoms with Crippen molar-refractivity contribution in [3.05, 3.63) is 35.6 Å². The number of benzene rings is 1. The molecule has 1 fully saturated rings. The molecule has 0 saturated carbocycles. The number of hydrogen-bond acceptors (Lipinski definition) is 3. The smallest absolute Gasteiger partial charge is 0.305 e. The summed E-state index contributed by atoms with van der Waals surface area (Å²) in [6.07, 6.45) is 1.08. The van der Waals surface area contributed by atoms with Gasteiger partial charge in [-0.05, 0) is 30.9 Å². The van der Waals surface area contributed by atoms with Crippen LogP contribution in [0.2, 0.25) is 0 Å². The van der Waals surface area contributed by atoms with Crippen LogP contribution in [-0.2, 0) is 20.7 Å². The first-order valence-electron chi connectivity index (χ1n) is 7.77. The molecule has 0 radical (unpaired) electrons. The third kappa shape index (κ3) is 4.76. The molecule has 1 saturated heterocycles. The van der Waals surface area contributed by atoms with Gasteiger partial charge in [-0.25, -0.2) is 4.39 Å². The molecule has 0 bridgehead atoms. The number of ether oxygens (including phenoxy) is 1. The molecule has 2 N–H and O–H groups in total. The van der Waals surface area contributed by atoms with E-state index in [9.17, 15) is 14.0 Å². The van der Waals surface area contributed by atoms with Crippen molar-refractivity contribution in [3.8, 4) is 0 Å². The molecular weight excluding hydrogens is 301 g/mol. The number of nitrogens with one attached hydrogen (secondary N) is 1. The summed E-state index contributed by atoms with van der Waals surface area (Å²) in [6, 6.07) is 6.35. The van der Waals surface area contributed by atoms with Crippen LogP contribution in [0.4, 0.5) is 4.39 Å². The third-order valence-electron chi connectivity index (χ3n) is 4.26. The van der Waals surface area contributed by atoms with Gasteiger partial charge in [0.15, 0.2) is 0 Å². The van der Waals surface area contributed by atoms with Crippen molar-refractivity contribution < 1.29 is 23.8 Å². The Kier molecular flexibility index (Phi) is 5.71. The van der Waals surface area contributed by atoms with Crippen molar-refractivity contribution >= 4 is 11.9 Å². The minimum absolute atomic E-state index is 0.130. The van der Waals surface area contributed by atoms with Gasteiger partial charge in [0.2, 0.25) is 5.91 Å². The number of carboxylic acids is 1. The number of halogens is 1. The van der Waals surface area contributed by atoms with Crippen LogP contribution >= 0.6 is 0 Å². The first-order valence-corrected chi connectivity index (χ1v) is 7.77. The van der Waals surface area contributed by atoms with Gasteiger partial charge in [-0.1, -0.05) is 25.1 Å². The van der Waals surface area contributed by atoms with Crippen LogP contribution in [0.15, 0.2) is 24.3 Å². The number of carboxylic acid groups (broad SMARTS) is 1. The van der Waals surface area contributed by atoms with E-state index in [4.69, 9.17) is 9.84 Å². The minimum atomic E-state index is -0.950. The maximum atomic E-state index is 13.7. The summed E-state index contributed by atoms with van der Waals surface area (Å²) < 4.78 is 19.0. The fraction of sp³-hybridized carbons (Fsp3) is 0.529. The Hall–Kier alpha value is -1.95. The van der Waals surface area contributed by atoms with Gasteiger partial charge in [0.1, 0.15) is 5.82 Å². The highest BCUT2D eigenvalue weighted by atomic mass is 19.1. The van der Waals surface area contributed by atoms with Crippen molar-refractivity contribution in [1.82, 2.24) is 5.32 Å². The van der Waals surface area contributed by atoms with E-state index in [2.05, 4.69) is 5.32 Å². The first kappa shape index (κ1) is 17.4. The lowest BCUT2D eigenvalue weighted by atomic mass is 9.85. The molecule has 0 spiro atoms. The molecular formula is C17H22FNO4. The fourth-order valence-corrected chi connectivity index (χ4v) is 2.87. The van der Waals surface area contributed by atoms with Gasteiger partial charge in [0.05, 0.1) is 12.0 Å². The molecule has 1 heterocycles. The molecule has 0 aromatic heterocycles. The van der Waals surface area contributed by atoms with Crippen molar-refractivity contribution in [1.29, 1.82) is 0 Å². The number of carbonyl (C=O) groups is 2. The Morgan fingerprint density at radius 3 is 2.61 bits per heavy atom. The number of hydrogen-bond donors (Lipinski definition) is 2. The summed E-state index contributed by atoms with van der Waals surface area (Å²) in [4.78, 5) is 23.6. The SMILES string of the molecule is CC(Cc1ccccc1F)C(=O)NC1(CC(=O)O)CCOCC1. The molecule has 23 heavy (non-hydrogen) atoms. The fourth-order valence-electron chi connectivity index (χ4n) is 2.87. The zero-order valence-corrected chi connectivity index (χ0v) is 13.2. The van der Waals surface area contributed by atoms with Crippen molar-refractivity contribution in [2.24, 2.45) is 5.92 Å². The van der Waals surface area contributed by atoms with Gasteiger partial charge in [0.25, 0.3) is 0 Å². The Bertz CT molecular complexity index is 569. The van der Waals surface area contributed by atoms with Crippen LogP contribution in [-0.4, -0.2) is 35.7 Å². The summed E-state index contributed by atoms with van der Waals surface area (Å²) >= 11 is 0. The Morgan fingerprint density at radius 2 is 2.00 bits per heavy atom. The number of amides is 1. The van der Waals surface area contributed by atoms with Crippen LogP contribution in [0.25, 0.3) is 0 Å². The highest BCUT2D eigenvalue weighted by Gasteiger charge is 2.37. The number of aliphatic carboxylic acids is 1. The van der Waals surface area contributed by atoms with Crippen LogP contribution < -0.4 is 5.32 Å². The van der Waals surface area contributed by atoms with Crippen LogP contribution in [0.5, 0.6) is 0 Å². The summed E-state index contributed by atoms with van der Waals surface area (Å²) in [5.41, 5.74) is -0.292. The van der Waals surface area contributed by atoms with Gasteiger partial charge in [-0.15, -0.1) is 0 Å². The largest absolute Gasteiger partial charge is 0.481 e. The van der Waals surface area contributed by atoms with E-state index < -0.39 is 17.4 Å². The quantitative estimate of drug-likeness (QED) is 0.841. The van der Waals surface area contributed by atoms with Crippen molar-refractivity contribution in [2.75, 3.05) is 13.2 Å². The molecule has 1 aromatic rings. The van der Waals surface area contributed by atoms with Gasteiger partial charge < -0.3 is 15.2 Å². The summed E-state index contributed by atoms with van der Waals surface area (Å²) in [6.45, 7) is 2.57. The van der Waals surface area contributed by atoms with E-state index in [1.165, 1.54) is 6.07 Å². The Balaban J connectivity index is 2.03. The molecule has 1 unspecified atom stereocenters. The minimum Gasteiger partial charge on any atom is -0.481 e. The predicted molar refractivity (Wildman–Crippen MR) is 82.4 cm³/mol. The summed E-state index contributed by atoms with van der Waals surface area (Å²) in [7, 11) is 0. The second-order valence-electron chi connectivity index (χ2n) is 6.15. The maximum absolute atomic E-state index is 13.7. The van der Waals surface area contributed by atoms with Gasteiger partial charge >= 0.3 is 5.97 Å². The van der Waals surface area contributed by atoms with Gasteiger partial charge in [-0.3, -0.25) is 9.59 Å². The van der Waals surface area contributed by atoms with Crippen LogP contribution in [0.3, 0.4) is 0 Å². The molecule has 0 aliphatic carbocycles. The van der Waals surface area contributed by atoms with Crippen molar-refractivity contribution in [3.63, 3.8) is 0 Å². The Morgan fingerprint density at radius 1 is 1.35 bits per heavy atom. The molecule has 1 atom stereocenters. The van der Waals surface area contributed by atoms with E-state index in [1.807, 2.05) is 0 Å². The van der Waals surface area contributed by atoms with Crippen molar-refractivity contribution in [2.45, 2.75) is 38.1 Å². The predicted octanol–water partition coefficient (Wildman–Crippen LogP) is 2.14. The molecule has 1 aliphatic heterocycles. The van der Waals surface area contributed by atoms with E-state index in [0.717, 1.165) is 0 Å². The standard InChI is InChI=1S/C17H22FNO4/c1-12(10-13-4-2-3-5-14(13)18)16(22)19-17(11-15(20)21)6-8-23-9-7-17/h2-5,12H,6-11H2,1H3,(H,19,22)(H,20,21). The molecule has 5 nitrogen and oxygen atoms in total. The van der Waals surface area contributed by atoms with E-state index in [-0.39, 0.29) is 24.6 Å². The topological polar surface area (TPSA) is 75.6 Å². The average molecular weight is 323 g/mol. The summed E-state index contributed by atoms with van der Waals surface area (Å²) in [5, 5.41) is 12.0. The molecule has 126 valence electrons. The highest BCUT2D eigenvalue weighted by Crippen LogP contribution is 2.25. The molecule has 2 rings (SSSR count). The van der Waals surface area contributed by atoms with Gasteiger partial charge in [-0.2, -0.15) is 0 Å². The van der Waals surface area contributed by atoms with Crippen LogP contribution in [0, 0.1) is 11.7 Å². The highest BCUT2D eigenvalue weighted by molar-refractivity contribution is 5.80. The monoisotopic (exact) mass is 323 g/mol. The lowest BCUT2D eigenvalue weighted by Crippen LogP contribution is -2.54. The zero-order valence-electron chi connectivity index (χ0n) is 13.2. The molecule has 6 heteroatoms. The number of carbonyl (C=O) groups excluding carboxylic acids is 1. The first-order chi connectivity index (χ1) is 10.9. The maximum Gasteiger partial charge on any atom is 0.305 e. The lowest BCUT2D eigenvalue weighted by Gasteiger charge is -2.37. The third-order valence-corrected chi connectivity index (χ3v) is 4.26. The summed E-state index contributed by atoms with van der Waals surface area (Å²) in [5.74, 6) is -1.98. The Labute approximate surface area is 134 Å². The average Bonchev–Trinajstić information content (AvgIpc) is 2.49. The molecule has 1 amide bonds. The van der Waals surface area contributed by atoms with E-state index >= 15 is 0 Å². The van der Waals surface area contributed by atoms with Crippen LogP contribution in [0.1, 0.15) is 31.7 Å². The second kappa shape index (κ2) is 7.55. The number of rotatable bonds is 6. The van der Waals surface area contributed by atoms with E-state index in [1.54, 1.807) is 25.1 Å². The zero-order chi connectivity index (χ0) is 16.9. The normalized spacial score (nSPS) is 18.2. The molecule has 1 aliphatic rings. The van der Waals surface area contributed by atoms with Gasteiger partial charge in [0, 0.05) is 19.1 Å². The van der Waals surface area contributed by atoms with E-state index in [0.29, 0.717) is 31.6 Å². The second-order valence-corrected chi connectivity index (χ2v) is 6.15.